The number of piperidine rings is 1. The summed E-state index contributed by atoms with van der Waals surface area (Å²) in [4.78, 5) is 12.3. The number of hydrogen-bond acceptors (Lipinski definition) is 7. The lowest BCUT2D eigenvalue weighted by Crippen LogP contribution is -2.47. The Kier molecular flexibility index (Phi) is 6.43. The lowest BCUT2D eigenvalue weighted by Gasteiger charge is -2.31. The molecule has 3 rings (SSSR count). The van der Waals surface area contributed by atoms with Crippen molar-refractivity contribution in [1.29, 1.82) is 0 Å². The van der Waals surface area contributed by atoms with E-state index < -0.39 is 10.0 Å². The number of amides is 1. The molecule has 1 saturated heterocycles. The van der Waals surface area contributed by atoms with E-state index in [1.165, 1.54) is 11.4 Å². The van der Waals surface area contributed by atoms with Crippen LogP contribution in [0.15, 0.2) is 33.7 Å². The van der Waals surface area contributed by atoms with E-state index in [2.05, 4.69) is 10.5 Å². The van der Waals surface area contributed by atoms with E-state index in [4.69, 9.17) is 14.0 Å². The van der Waals surface area contributed by atoms with Gasteiger partial charge >= 0.3 is 0 Å². The zero-order valence-corrected chi connectivity index (χ0v) is 17.5. The van der Waals surface area contributed by atoms with Gasteiger partial charge in [-0.3, -0.25) is 4.79 Å². The Morgan fingerprint density at radius 1 is 1.24 bits per heavy atom. The number of ether oxygens (including phenoxy) is 2. The molecule has 1 aromatic heterocycles. The molecule has 0 unspecified atom stereocenters. The van der Waals surface area contributed by atoms with Crippen LogP contribution in [0.2, 0.25) is 0 Å². The molecule has 1 N–H and O–H groups in total. The Bertz CT molecular complexity index is 945. The molecule has 158 valence electrons. The number of benzene rings is 1. The Balaban J connectivity index is 1.51. The maximum Gasteiger partial charge on any atom is 0.258 e. The predicted molar refractivity (Wildman–Crippen MR) is 104 cm³/mol. The van der Waals surface area contributed by atoms with Crippen molar-refractivity contribution < 1.29 is 27.2 Å². The van der Waals surface area contributed by atoms with Crippen LogP contribution in [0, 0.1) is 13.8 Å². The number of rotatable bonds is 7. The van der Waals surface area contributed by atoms with Gasteiger partial charge in [0.15, 0.2) is 23.9 Å². The van der Waals surface area contributed by atoms with Gasteiger partial charge in [-0.15, -0.1) is 0 Å². The Hall–Kier alpha value is -2.59. The summed E-state index contributed by atoms with van der Waals surface area (Å²) in [6, 6.07) is 6.98. The van der Waals surface area contributed by atoms with Gasteiger partial charge < -0.3 is 19.3 Å². The molecule has 10 heteroatoms. The van der Waals surface area contributed by atoms with Gasteiger partial charge in [-0.05, 0) is 38.8 Å². The molecule has 0 radical (unpaired) electrons. The van der Waals surface area contributed by atoms with Crippen molar-refractivity contribution in [1.82, 2.24) is 14.8 Å². The minimum absolute atomic E-state index is 0.111. The Morgan fingerprint density at radius 2 is 1.90 bits per heavy atom. The van der Waals surface area contributed by atoms with E-state index in [0.29, 0.717) is 43.1 Å². The summed E-state index contributed by atoms with van der Waals surface area (Å²) in [6.07, 6.45) is 1.03. The summed E-state index contributed by atoms with van der Waals surface area (Å²) in [5.41, 5.74) is 0.353. The highest BCUT2D eigenvalue weighted by Crippen LogP contribution is 2.27. The van der Waals surface area contributed by atoms with Crippen molar-refractivity contribution in [3.8, 4) is 11.5 Å². The van der Waals surface area contributed by atoms with Crippen LogP contribution in [0.3, 0.4) is 0 Å². The van der Waals surface area contributed by atoms with Crippen LogP contribution in [0.25, 0.3) is 0 Å². The number of hydrogen-bond donors (Lipinski definition) is 1. The number of nitrogens with one attached hydrogen (secondary N) is 1. The zero-order chi connectivity index (χ0) is 21.0. The fraction of sp³-hybridized carbons (Fsp3) is 0.474. The highest BCUT2D eigenvalue weighted by Gasteiger charge is 2.34. The summed E-state index contributed by atoms with van der Waals surface area (Å²) in [5, 5.41) is 6.63. The van der Waals surface area contributed by atoms with Crippen molar-refractivity contribution in [3.63, 3.8) is 0 Å². The number of carbonyl (C=O) groups is 1. The molecular formula is C19H25N3O6S. The van der Waals surface area contributed by atoms with Crippen LogP contribution >= 0.6 is 0 Å². The van der Waals surface area contributed by atoms with E-state index in [-0.39, 0.29) is 29.2 Å². The topological polar surface area (TPSA) is 111 Å². The first-order valence-corrected chi connectivity index (χ1v) is 10.7. The third-order valence-corrected chi connectivity index (χ3v) is 6.96. The minimum Gasteiger partial charge on any atom is -0.493 e. The normalized spacial score (nSPS) is 15.8. The fourth-order valence-electron chi connectivity index (χ4n) is 3.36. The fourth-order valence-corrected chi connectivity index (χ4v) is 5.12. The number of aromatic nitrogens is 1. The van der Waals surface area contributed by atoms with Crippen LogP contribution < -0.4 is 14.8 Å². The molecule has 1 fully saturated rings. The average Bonchev–Trinajstić information content (AvgIpc) is 3.06. The van der Waals surface area contributed by atoms with Gasteiger partial charge in [0.2, 0.25) is 10.0 Å². The summed E-state index contributed by atoms with van der Waals surface area (Å²) in [6.45, 7) is 3.67. The van der Waals surface area contributed by atoms with E-state index in [9.17, 15) is 13.2 Å². The first-order valence-electron chi connectivity index (χ1n) is 9.31. The lowest BCUT2D eigenvalue weighted by molar-refractivity contribution is -0.124. The molecule has 1 aliphatic rings. The molecular weight excluding hydrogens is 398 g/mol. The quantitative estimate of drug-likeness (QED) is 0.721. The third-order valence-electron chi connectivity index (χ3n) is 4.81. The largest absolute Gasteiger partial charge is 0.493 e. The summed E-state index contributed by atoms with van der Waals surface area (Å²) >= 11 is 0. The molecule has 0 atom stereocenters. The number of para-hydroxylation sites is 2. The molecule has 2 aromatic rings. The maximum absolute atomic E-state index is 12.8. The first-order chi connectivity index (χ1) is 13.8. The Morgan fingerprint density at radius 3 is 2.48 bits per heavy atom. The monoisotopic (exact) mass is 423 g/mol. The highest BCUT2D eigenvalue weighted by atomic mass is 32.2. The number of aryl methyl sites for hydroxylation is 2. The van der Waals surface area contributed by atoms with Crippen molar-refractivity contribution in [2.45, 2.75) is 37.6 Å². The van der Waals surface area contributed by atoms with Gasteiger partial charge in [0.05, 0.1) is 7.11 Å². The molecule has 0 bridgehead atoms. The van der Waals surface area contributed by atoms with Crippen LogP contribution in [-0.2, 0) is 14.8 Å². The van der Waals surface area contributed by atoms with Crippen molar-refractivity contribution in [2.24, 2.45) is 0 Å². The number of methoxy groups -OCH3 is 1. The van der Waals surface area contributed by atoms with Crippen LogP contribution in [0.5, 0.6) is 11.5 Å². The van der Waals surface area contributed by atoms with Crippen LogP contribution in [0.4, 0.5) is 0 Å². The first kappa shape index (κ1) is 21.1. The van der Waals surface area contributed by atoms with Gasteiger partial charge in [-0.1, -0.05) is 17.3 Å². The van der Waals surface area contributed by atoms with Crippen molar-refractivity contribution in [2.75, 3.05) is 26.8 Å². The molecule has 1 aliphatic heterocycles. The molecule has 9 nitrogen and oxygen atoms in total. The van der Waals surface area contributed by atoms with Crippen LogP contribution in [-0.4, -0.2) is 56.6 Å². The van der Waals surface area contributed by atoms with Gasteiger partial charge in [-0.2, -0.15) is 4.31 Å². The maximum atomic E-state index is 12.8. The van der Waals surface area contributed by atoms with E-state index in [0.717, 1.165) is 0 Å². The average molecular weight is 423 g/mol. The molecule has 0 spiro atoms. The second-order valence-corrected chi connectivity index (χ2v) is 8.71. The van der Waals surface area contributed by atoms with E-state index in [1.807, 2.05) is 6.07 Å². The predicted octanol–water partition coefficient (Wildman–Crippen LogP) is 1.65. The molecule has 0 saturated carbocycles. The minimum atomic E-state index is -3.66. The summed E-state index contributed by atoms with van der Waals surface area (Å²) in [7, 11) is -2.13. The van der Waals surface area contributed by atoms with E-state index in [1.54, 1.807) is 32.0 Å². The van der Waals surface area contributed by atoms with Crippen molar-refractivity contribution >= 4 is 15.9 Å². The van der Waals surface area contributed by atoms with Gasteiger partial charge in [0.25, 0.3) is 5.91 Å². The smallest absolute Gasteiger partial charge is 0.258 e. The summed E-state index contributed by atoms with van der Waals surface area (Å²) < 4.78 is 42.8. The van der Waals surface area contributed by atoms with Gasteiger partial charge in [-0.25, -0.2) is 8.42 Å². The summed E-state index contributed by atoms with van der Waals surface area (Å²) in [5.74, 6) is 1.07. The lowest BCUT2D eigenvalue weighted by atomic mass is 10.1. The highest BCUT2D eigenvalue weighted by molar-refractivity contribution is 7.89. The molecule has 1 aromatic carbocycles. The second kappa shape index (κ2) is 8.83. The van der Waals surface area contributed by atoms with Gasteiger partial charge in [0, 0.05) is 19.1 Å². The molecule has 29 heavy (non-hydrogen) atoms. The molecule has 1 amide bonds. The number of sulfonamides is 1. The van der Waals surface area contributed by atoms with Gasteiger partial charge in [0.1, 0.15) is 10.6 Å². The number of nitrogens with zero attached hydrogens (tertiary/aromatic N) is 2. The third kappa shape index (κ3) is 4.70. The second-order valence-electron chi connectivity index (χ2n) is 6.84. The molecule has 2 heterocycles. The van der Waals surface area contributed by atoms with Crippen LogP contribution in [0.1, 0.15) is 24.3 Å². The standard InChI is InChI=1S/C19H25N3O6S/c1-13-19(14(2)28-21-13)29(24,25)22-10-8-15(9-11-22)20-18(23)12-27-17-7-5-4-6-16(17)26-3/h4-7,15H,8-12H2,1-3H3,(H,20,23). The Labute approximate surface area is 170 Å². The zero-order valence-electron chi connectivity index (χ0n) is 16.7. The number of carbonyl (C=O) groups excluding carboxylic acids is 1. The van der Waals surface area contributed by atoms with Crippen molar-refractivity contribution in [3.05, 3.63) is 35.7 Å². The molecule has 0 aliphatic carbocycles. The SMILES string of the molecule is COc1ccccc1OCC(=O)NC1CCN(S(=O)(=O)c2c(C)noc2C)CC1. The van der Waals surface area contributed by atoms with E-state index >= 15 is 0 Å².